The van der Waals surface area contributed by atoms with Crippen LogP contribution in [0.4, 0.5) is 0 Å². The number of aromatic nitrogens is 2. The van der Waals surface area contributed by atoms with E-state index >= 15 is 0 Å². The Bertz CT molecular complexity index is 563. The molecule has 0 aliphatic rings. The molecule has 1 aromatic carbocycles. The average molecular weight is 281 g/mol. The van der Waals surface area contributed by atoms with E-state index in [0.29, 0.717) is 6.04 Å². The molecule has 19 heavy (non-hydrogen) atoms. The van der Waals surface area contributed by atoms with Gasteiger partial charge in [-0.3, -0.25) is 0 Å². The summed E-state index contributed by atoms with van der Waals surface area (Å²) in [4.78, 5) is 4.69. The van der Waals surface area contributed by atoms with E-state index in [-0.39, 0.29) is 5.38 Å². The van der Waals surface area contributed by atoms with Crippen molar-refractivity contribution >= 4 is 22.6 Å². The molecule has 2 rings (SSSR count). The van der Waals surface area contributed by atoms with Gasteiger partial charge in [-0.25, -0.2) is 4.98 Å². The molecule has 0 spiro atoms. The van der Waals surface area contributed by atoms with Gasteiger partial charge in [-0.2, -0.15) is 0 Å². The minimum absolute atomic E-state index is 0.114. The van der Waals surface area contributed by atoms with Gasteiger partial charge in [-0.1, -0.05) is 19.4 Å². The third kappa shape index (κ3) is 2.57. The van der Waals surface area contributed by atoms with Crippen molar-refractivity contribution in [2.24, 2.45) is 0 Å². The quantitative estimate of drug-likeness (QED) is 0.742. The van der Waals surface area contributed by atoms with Crippen molar-refractivity contribution < 1.29 is 4.74 Å². The Morgan fingerprint density at radius 1 is 1.37 bits per heavy atom. The molecule has 0 fully saturated rings. The molecule has 104 valence electrons. The molecule has 1 aromatic heterocycles. The van der Waals surface area contributed by atoms with Crippen molar-refractivity contribution in [2.45, 2.75) is 45.0 Å². The van der Waals surface area contributed by atoms with Gasteiger partial charge in [0.25, 0.3) is 0 Å². The second-order valence-electron chi connectivity index (χ2n) is 4.92. The number of methoxy groups -OCH3 is 1. The lowest BCUT2D eigenvalue weighted by atomic mass is 10.2. The van der Waals surface area contributed by atoms with Crippen LogP contribution in [0.15, 0.2) is 18.2 Å². The first kappa shape index (κ1) is 14.2. The lowest BCUT2D eigenvalue weighted by molar-refractivity contribution is 0.419. The molecule has 2 unspecified atom stereocenters. The van der Waals surface area contributed by atoms with Crippen LogP contribution in [0.2, 0.25) is 0 Å². The number of hydrogen-bond acceptors (Lipinski definition) is 2. The zero-order valence-electron chi connectivity index (χ0n) is 12.0. The number of ether oxygens (including phenoxy) is 1. The smallest absolute Gasteiger partial charge is 0.146 e. The molecule has 0 aliphatic carbocycles. The highest BCUT2D eigenvalue weighted by atomic mass is 35.5. The largest absolute Gasteiger partial charge is 0.494 e. The maximum absolute atomic E-state index is 6.30. The number of halogens is 1. The zero-order chi connectivity index (χ0) is 14.0. The first-order chi connectivity index (χ1) is 9.10. The maximum atomic E-state index is 6.30. The Kier molecular flexibility index (Phi) is 4.35. The van der Waals surface area contributed by atoms with Crippen molar-refractivity contribution in [1.29, 1.82) is 0 Å². The van der Waals surface area contributed by atoms with Crippen molar-refractivity contribution in [3.8, 4) is 5.75 Å². The van der Waals surface area contributed by atoms with E-state index in [1.54, 1.807) is 7.11 Å². The van der Waals surface area contributed by atoms with Crippen LogP contribution in [0, 0.1) is 0 Å². The van der Waals surface area contributed by atoms with Crippen LogP contribution >= 0.6 is 11.6 Å². The second-order valence-corrected chi connectivity index (χ2v) is 5.58. The van der Waals surface area contributed by atoms with Gasteiger partial charge in [0.15, 0.2) is 0 Å². The summed E-state index contributed by atoms with van der Waals surface area (Å²) in [6.07, 6.45) is 2.25. The van der Waals surface area contributed by atoms with Gasteiger partial charge in [-0.15, -0.1) is 11.6 Å². The molecule has 3 nitrogen and oxygen atoms in total. The number of para-hydroxylation sites is 1. The third-order valence-corrected chi connectivity index (χ3v) is 3.63. The topological polar surface area (TPSA) is 27.1 Å². The highest BCUT2D eigenvalue weighted by Gasteiger charge is 2.20. The van der Waals surface area contributed by atoms with Gasteiger partial charge in [0.2, 0.25) is 0 Å². The van der Waals surface area contributed by atoms with E-state index in [0.717, 1.165) is 35.4 Å². The Morgan fingerprint density at radius 2 is 2.11 bits per heavy atom. The molecular formula is C15H21ClN2O. The fourth-order valence-electron chi connectivity index (χ4n) is 2.56. The number of benzene rings is 1. The summed E-state index contributed by atoms with van der Waals surface area (Å²) in [7, 11) is 1.67. The molecular weight excluding hydrogens is 260 g/mol. The molecule has 4 heteroatoms. The first-order valence-corrected chi connectivity index (χ1v) is 7.22. The molecule has 0 radical (unpaired) electrons. The van der Waals surface area contributed by atoms with E-state index in [2.05, 4.69) is 24.5 Å². The van der Waals surface area contributed by atoms with E-state index in [1.807, 2.05) is 19.1 Å². The average Bonchev–Trinajstić information content (AvgIpc) is 2.78. The summed E-state index contributed by atoms with van der Waals surface area (Å²) in [5.41, 5.74) is 2.00. The molecule has 0 saturated carbocycles. The number of hydrogen-bond donors (Lipinski definition) is 0. The van der Waals surface area contributed by atoms with Crippen molar-refractivity contribution in [2.75, 3.05) is 7.11 Å². The van der Waals surface area contributed by atoms with Crippen LogP contribution in [0.5, 0.6) is 5.75 Å². The molecule has 2 atom stereocenters. The Balaban J connectivity index is 2.67. The molecule has 0 aliphatic heterocycles. The standard InChI is InChI=1S/C15H21ClN2O/c1-5-7-10(2)18-12-8-6-9-13(19-4)14(12)17-15(18)11(3)16/h6,8-11H,5,7H2,1-4H3. The number of rotatable bonds is 5. The number of fused-ring (bicyclic) bond motifs is 1. The van der Waals surface area contributed by atoms with Gasteiger partial charge in [0.05, 0.1) is 18.0 Å². The second kappa shape index (κ2) is 5.83. The highest BCUT2D eigenvalue weighted by molar-refractivity contribution is 6.20. The predicted octanol–water partition coefficient (Wildman–Crippen LogP) is 4.71. The monoisotopic (exact) mass is 280 g/mol. The molecule has 1 heterocycles. The van der Waals surface area contributed by atoms with Gasteiger partial charge in [-0.05, 0) is 32.4 Å². The fraction of sp³-hybridized carbons (Fsp3) is 0.533. The Labute approximate surface area is 119 Å². The summed E-state index contributed by atoms with van der Waals surface area (Å²) >= 11 is 6.30. The van der Waals surface area contributed by atoms with Crippen LogP contribution in [0.3, 0.4) is 0 Å². The Hall–Kier alpha value is -1.22. The zero-order valence-corrected chi connectivity index (χ0v) is 12.7. The van der Waals surface area contributed by atoms with Gasteiger partial charge in [0, 0.05) is 6.04 Å². The van der Waals surface area contributed by atoms with Crippen molar-refractivity contribution in [1.82, 2.24) is 9.55 Å². The minimum atomic E-state index is -0.114. The summed E-state index contributed by atoms with van der Waals surface area (Å²) in [6.45, 7) is 6.37. The van der Waals surface area contributed by atoms with Gasteiger partial charge >= 0.3 is 0 Å². The SMILES string of the molecule is CCCC(C)n1c(C(C)Cl)nc2c(OC)cccc21. The lowest BCUT2D eigenvalue weighted by Crippen LogP contribution is -2.09. The van der Waals surface area contributed by atoms with Gasteiger partial charge < -0.3 is 9.30 Å². The molecule has 0 amide bonds. The lowest BCUT2D eigenvalue weighted by Gasteiger charge is -2.18. The number of nitrogens with zero attached hydrogens (tertiary/aromatic N) is 2. The third-order valence-electron chi connectivity index (χ3n) is 3.43. The van der Waals surface area contributed by atoms with E-state index in [1.165, 1.54) is 0 Å². The number of imidazole rings is 1. The summed E-state index contributed by atoms with van der Waals surface area (Å²) < 4.78 is 7.65. The van der Waals surface area contributed by atoms with Gasteiger partial charge in [0.1, 0.15) is 17.1 Å². The number of alkyl halides is 1. The molecule has 0 saturated heterocycles. The van der Waals surface area contributed by atoms with E-state index in [4.69, 9.17) is 21.3 Å². The Morgan fingerprint density at radius 3 is 2.68 bits per heavy atom. The van der Waals surface area contributed by atoms with E-state index < -0.39 is 0 Å². The summed E-state index contributed by atoms with van der Waals surface area (Å²) in [5, 5.41) is -0.114. The van der Waals surface area contributed by atoms with Crippen LogP contribution in [0.25, 0.3) is 11.0 Å². The van der Waals surface area contributed by atoms with Crippen LogP contribution < -0.4 is 4.74 Å². The molecule has 2 aromatic rings. The van der Waals surface area contributed by atoms with Crippen molar-refractivity contribution in [3.05, 3.63) is 24.0 Å². The molecule has 0 bridgehead atoms. The minimum Gasteiger partial charge on any atom is -0.494 e. The maximum Gasteiger partial charge on any atom is 0.146 e. The molecule has 0 N–H and O–H groups in total. The van der Waals surface area contributed by atoms with Crippen LogP contribution in [-0.2, 0) is 0 Å². The van der Waals surface area contributed by atoms with Crippen molar-refractivity contribution in [3.63, 3.8) is 0 Å². The van der Waals surface area contributed by atoms with E-state index in [9.17, 15) is 0 Å². The highest BCUT2D eigenvalue weighted by Crippen LogP contribution is 2.33. The van der Waals surface area contributed by atoms with Crippen LogP contribution in [-0.4, -0.2) is 16.7 Å². The predicted molar refractivity (Wildman–Crippen MR) is 80.2 cm³/mol. The van der Waals surface area contributed by atoms with Crippen LogP contribution in [0.1, 0.15) is 50.9 Å². The first-order valence-electron chi connectivity index (χ1n) is 6.79. The normalized spacial score (nSPS) is 14.6. The summed E-state index contributed by atoms with van der Waals surface area (Å²) in [5.74, 6) is 1.72. The fourth-order valence-corrected chi connectivity index (χ4v) is 2.72. The summed E-state index contributed by atoms with van der Waals surface area (Å²) in [6, 6.07) is 6.41.